The van der Waals surface area contributed by atoms with E-state index < -0.39 is 0 Å². The minimum atomic E-state index is -0.175. The summed E-state index contributed by atoms with van der Waals surface area (Å²) in [6.45, 7) is 4.84. The molecule has 2 aliphatic rings. The van der Waals surface area contributed by atoms with Gasteiger partial charge in [0.2, 0.25) is 0 Å². The number of piperidine rings is 1. The van der Waals surface area contributed by atoms with Crippen LogP contribution in [0.5, 0.6) is 5.75 Å². The fourth-order valence-corrected chi connectivity index (χ4v) is 3.09. The molecule has 6 nitrogen and oxygen atoms in total. The van der Waals surface area contributed by atoms with E-state index in [1.54, 1.807) is 6.07 Å². The van der Waals surface area contributed by atoms with E-state index in [1.807, 2.05) is 4.90 Å². The summed E-state index contributed by atoms with van der Waals surface area (Å²) < 4.78 is 5.38. The molecule has 0 radical (unpaired) electrons. The van der Waals surface area contributed by atoms with Crippen molar-refractivity contribution in [3.05, 3.63) is 24.0 Å². The van der Waals surface area contributed by atoms with Gasteiger partial charge in [0.25, 0.3) is 5.91 Å². The lowest BCUT2D eigenvalue weighted by atomic mass is 10.0. The van der Waals surface area contributed by atoms with Gasteiger partial charge < -0.3 is 14.7 Å². The summed E-state index contributed by atoms with van der Waals surface area (Å²) >= 11 is 0. The number of nitrogens with zero attached hydrogens (tertiary/aromatic N) is 3. The van der Waals surface area contributed by atoms with Crippen LogP contribution in [0.25, 0.3) is 0 Å². The predicted octanol–water partition coefficient (Wildman–Crippen LogP) is 0.724. The number of likely N-dealkylation sites (tertiary alicyclic amines) is 1. The summed E-state index contributed by atoms with van der Waals surface area (Å²) in [5.74, 6) is -0.220. The Kier molecular flexibility index (Phi) is 4.36. The van der Waals surface area contributed by atoms with Crippen LogP contribution < -0.4 is 0 Å². The summed E-state index contributed by atoms with van der Waals surface area (Å²) in [5, 5.41) is 9.79. The summed E-state index contributed by atoms with van der Waals surface area (Å²) in [5.41, 5.74) is 0.153. The molecular formula is C15H21N3O3. The van der Waals surface area contributed by atoms with E-state index in [1.165, 1.54) is 12.3 Å². The Morgan fingerprint density at radius 1 is 1.33 bits per heavy atom. The highest BCUT2D eigenvalue weighted by atomic mass is 16.5. The second-order valence-electron chi connectivity index (χ2n) is 5.57. The van der Waals surface area contributed by atoms with E-state index in [-0.39, 0.29) is 17.4 Å². The van der Waals surface area contributed by atoms with Crippen LogP contribution in [-0.2, 0) is 4.74 Å². The molecule has 3 rings (SSSR count). The lowest BCUT2D eigenvalue weighted by Crippen LogP contribution is -2.52. The Morgan fingerprint density at radius 3 is 2.90 bits per heavy atom. The van der Waals surface area contributed by atoms with E-state index in [0.717, 1.165) is 45.7 Å². The summed E-state index contributed by atoms with van der Waals surface area (Å²) in [6, 6.07) is 3.51. The van der Waals surface area contributed by atoms with Gasteiger partial charge in [0.15, 0.2) is 5.69 Å². The van der Waals surface area contributed by atoms with Crippen LogP contribution in [0.2, 0.25) is 0 Å². The van der Waals surface area contributed by atoms with Gasteiger partial charge in [-0.05, 0) is 25.0 Å². The zero-order valence-electron chi connectivity index (χ0n) is 12.1. The van der Waals surface area contributed by atoms with Crippen LogP contribution in [0, 0.1) is 0 Å². The lowest BCUT2D eigenvalue weighted by molar-refractivity contribution is -0.00133. The van der Waals surface area contributed by atoms with E-state index >= 15 is 0 Å². The van der Waals surface area contributed by atoms with Crippen LogP contribution in [0.15, 0.2) is 18.3 Å². The van der Waals surface area contributed by atoms with Gasteiger partial charge in [-0.1, -0.05) is 0 Å². The topological polar surface area (TPSA) is 65.9 Å². The van der Waals surface area contributed by atoms with Gasteiger partial charge in [-0.3, -0.25) is 9.69 Å². The number of morpholine rings is 1. The maximum Gasteiger partial charge on any atom is 0.276 e. The molecule has 2 fully saturated rings. The monoisotopic (exact) mass is 291 g/mol. The maximum atomic E-state index is 12.5. The number of hydrogen-bond acceptors (Lipinski definition) is 5. The van der Waals surface area contributed by atoms with Crippen molar-refractivity contribution in [3.8, 4) is 5.75 Å². The summed E-state index contributed by atoms with van der Waals surface area (Å²) in [7, 11) is 0. The second-order valence-corrected chi connectivity index (χ2v) is 5.57. The average molecular weight is 291 g/mol. The van der Waals surface area contributed by atoms with E-state index in [4.69, 9.17) is 4.74 Å². The smallest absolute Gasteiger partial charge is 0.276 e. The van der Waals surface area contributed by atoms with Crippen molar-refractivity contribution in [1.82, 2.24) is 14.8 Å². The van der Waals surface area contributed by atoms with E-state index in [9.17, 15) is 9.90 Å². The van der Waals surface area contributed by atoms with Crippen molar-refractivity contribution in [1.29, 1.82) is 0 Å². The molecule has 0 bridgehead atoms. The fourth-order valence-electron chi connectivity index (χ4n) is 3.09. The Labute approximate surface area is 124 Å². The number of amides is 1. The number of rotatable bonds is 2. The van der Waals surface area contributed by atoms with Gasteiger partial charge in [0.05, 0.1) is 13.2 Å². The zero-order chi connectivity index (χ0) is 14.7. The average Bonchev–Trinajstić information content (AvgIpc) is 2.56. The number of hydrogen-bond donors (Lipinski definition) is 1. The highest BCUT2D eigenvalue weighted by Gasteiger charge is 2.30. The molecule has 6 heteroatoms. The second kappa shape index (κ2) is 6.41. The predicted molar refractivity (Wildman–Crippen MR) is 77.2 cm³/mol. The van der Waals surface area contributed by atoms with Gasteiger partial charge in [-0.2, -0.15) is 0 Å². The number of carbonyl (C=O) groups excluding carboxylic acids is 1. The lowest BCUT2D eigenvalue weighted by Gasteiger charge is -2.40. The first-order valence-corrected chi connectivity index (χ1v) is 7.51. The SMILES string of the molecule is O=C(c1ncccc1O)N1CCC[C@@H](N2CCOCC2)C1. The van der Waals surface area contributed by atoms with Crippen LogP contribution in [0.1, 0.15) is 23.3 Å². The third-order valence-electron chi connectivity index (χ3n) is 4.23. The van der Waals surface area contributed by atoms with E-state index in [0.29, 0.717) is 12.6 Å². The molecule has 0 aliphatic carbocycles. The number of ether oxygens (including phenoxy) is 1. The van der Waals surface area contributed by atoms with Crippen molar-refractivity contribution < 1.29 is 14.6 Å². The molecule has 0 spiro atoms. The number of aromatic nitrogens is 1. The molecule has 0 aromatic carbocycles. The normalized spacial score (nSPS) is 24.0. The van der Waals surface area contributed by atoms with Gasteiger partial charge in [-0.15, -0.1) is 0 Å². The van der Waals surface area contributed by atoms with Crippen LogP contribution >= 0.6 is 0 Å². The zero-order valence-corrected chi connectivity index (χ0v) is 12.1. The highest BCUT2D eigenvalue weighted by Crippen LogP contribution is 2.21. The minimum absolute atomic E-state index is 0.0454. The molecule has 2 aliphatic heterocycles. The third-order valence-corrected chi connectivity index (χ3v) is 4.23. The fraction of sp³-hybridized carbons (Fsp3) is 0.600. The van der Waals surface area contributed by atoms with Gasteiger partial charge in [0, 0.05) is 38.4 Å². The molecule has 114 valence electrons. The first kappa shape index (κ1) is 14.3. The maximum absolute atomic E-state index is 12.5. The summed E-state index contributed by atoms with van der Waals surface area (Å²) in [4.78, 5) is 20.7. The Balaban J connectivity index is 1.68. The van der Waals surface area contributed by atoms with E-state index in [2.05, 4.69) is 9.88 Å². The first-order valence-electron chi connectivity index (χ1n) is 7.51. The standard InChI is InChI=1S/C15H21N3O3/c19-13-4-1-5-16-14(13)15(20)18-6-2-3-12(11-18)17-7-9-21-10-8-17/h1,4-5,12,19H,2-3,6-11H2/t12-/m1/s1. The molecule has 1 amide bonds. The number of pyridine rings is 1. The van der Waals surface area contributed by atoms with Gasteiger partial charge >= 0.3 is 0 Å². The van der Waals surface area contributed by atoms with Crippen molar-refractivity contribution in [2.45, 2.75) is 18.9 Å². The van der Waals surface area contributed by atoms with Crippen LogP contribution in [0.3, 0.4) is 0 Å². The summed E-state index contributed by atoms with van der Waals surface area (Å²) in [6.07, 6.45) is 3.63. The molecule has 1 atom stereocenters. The van der Waals surface area contributed by atoms with Crippen LogP contribution in [0.4, 0.5) is 0 Å². The Morgan fingerprint density at radius 2 is 2.14 bits per heavy atom. The molecular weight excluding hydrogens is 270 g/mol. The van der Waals surface area contributed by atoms with Gasteiger partial charge in [-0.25, -0.2) is 4.98 Å². The van der Waals surface area contributed by atoms with Crippen molar-refractivity contribution in [2.75, 3.05) is 39.4 Å². The molecule has 1 N–H and O–H groups in total. The third kappa shape index (κ3) is 3.16. The number of carbonyl (C=O) groups is 1. The Bertz CT molecular complexity index is 503. The molecule has 0 unspecified atom stereocenters. The van der Waals surface area contributed by atoms with Gasteiger partial charge in [0.1, 0.15) is 5.75 Å². The molecule has 1 aromatic heterocycles. The molecule has 3 heterocycles. The Hall–Kier alpha value is -1.66. The molecule has 21 heavy (non-hydrogen) atoms. The largest absolute Gasteiger partial charge is 0.505 e. The molecule has 1 aromatic rings. The van der Waals surface area contributed by atoms with Crippen LogP contribution in [-0.4, -0.2) is 71.2 Å². The highest BCUT2D eigenvalue weighted by molar-refractivity contribution is 5.94. The van der Waals surface area contributed by atoms with Crippen molar-refractivity contribution >= 4 is 5.91 Å². The van der Waals surface area contributed by atoms with Crippen molar-refractivity contribution in [3.63, 3.8) is 0 Å². The molecule has 0 saturated carbocycles. The number of aromatic hydroxyl groups is 1. The quantitative estimate of drug-likeness (QED) is 0.870. The minimum Gasteiger partial charge on any atom is -0.505 e. The van der Waals surface area contributed by atoms with Crippen molar-refractivity contribution in [2.24, 2.45) is 0 Å². The molecule has 2 saturated heterocycles. The first-order chi connectivity index (χ1) is 10.3.